The highest BCUT2D eigenvalue weighted by atomic mass is 16.4. The molecule has 0 saturated heterocycles. The molecule has 21 heavy (non-hydrogen) atoms. The highest BCUT2D eigenvalue weighted by Crippen LogP contribution is 2.01. The number of nitrogens with one attached hydrogen (secondary N) is 2. The lowest BCUT2D eigenvalue weighted by molar-refractivity contribution is -0.141. The SMILES string of the molecule is Cn1nccc1/C=C/C(=O)N[C@H](Cc1cnc[nH]1)C(=O)O. The summed E-state index contributed by atoms with van der Waals surface area (Å²) in [5.74, 6) is -1.59. The van der Waals surface area contributed by atoms with Crippen LogP contribution in [0.1, 0.15) is 11.4 Å². The van der Waals surface area contributed by atoms with Gasteiger partial charge in [0, 0.05) is 37.6 Å². The Morgan fingerprint density at radius 3 is 2.95 bits per heavy atom. The Morgan fingerprint density at radius 2 is 2.38 bits per heavy atom. The molecular weight excluding hydrogens is 274 g/mol. The number of aromatic amines is 1. The molecule has 2 aromatic heterocycles. The van der Waals surface area contributed by atoms with Crippen LogP contribution in [-0.2, 0) is 23.1 Å². The summed E-state index contributed by atoms with van der Waals surface area (Å²) in [5.41, 5.74) is 1.38. The van der Waals surface area contributed by atoms with Crippen LogP contribution in [0, 0.1) is 0 Å². The average molecular weight is 289 g/mol. The summed E-state index contributed by atoms with van der Waals surface area (Å²) < 4.78 is 1.60. The smallest absolute Gasteiger partial charge is 0.326 e. The van der Waals surface area contributed by atoms with Gasteiger partial charge in [-0.15, -0.1) is 0 Å². The minimum absolute atomic E-state index is 0.140. The van der Waals surface area contributed by atoms with Gasteiger partial charge in [0.25, 0.3) is 0 Å². The standard InChI is InChI=1S/C13H15N5O3/c1-18-10(4-5-16-18)2-3-12(19)17-11(13(20)21)6-9-7-14-8-15-9/h2-5,7-8,11H,6H2,1H3,(H,14,15)(H,17,19)(H,20,21)/b3-2+/t11-/m1/s1. The lowest BCUT2D eigenvalue weighted by Crippen LogP contribution is -2.41. The third-order valence-electron chi connectivity index (χ3n) is 2.86. The number of carboxylic acid groups (broad SMARTS) is 1. The molecule has 0 fully saturated rings. The summed E-state index contributed by atoms with van der Waals surface area (Å²) in [4.78, 5) is 29.5. The average Bonchev–Trinajstić information content (AvgIpc) is 3.07. The molecular formula is C13H15N5O3. The number of hydrogen-bond donors (Lipinski definition) is 3. The van der Waals surface area contributed by atoms with E-state index in [0.717, 1.165) is 5.69 Å². The van der Waals surface area contributed by atoms with E-state index in [1.807, 2.05) is 0 Å². The van der Waals surface area contributed by atoms with E-state index >= 15 is 0 Å². The van der Waals surface area contributed by atoms with Gasteiger partial charge in [0.15, 0.2) is 0 Å². The van der Waals surface area contributed by atoms with Gasteiger partial charge in [0.05, 0.1) is 12.0 Å². The topological polar surface area (TPSA) is 113 Å². The predicted molar refractivity (Wildman–Crippen MR) is 74.1 cm³/mol. The summed E-state index contributed by atoms with van der Waals surface area (Å²) >= 11 is 0. The van der Waals surface area contributed by atoms with Gasteiger partial charge >= 0.3 is 5.97 Å². The highest BCUT2D eigenvalue weighted by molar-refractivity contribution is 5.94. The van der Waals surface area contributed by atoms with Crippen LogP contribution in [0.15, 0.2) is 30.9 Å². The molecule has 1 amide bonds. The van der Waals surface area contributed by atoms with Crippen molar-refractivity contribution in [3.05, 3.63) is 42.3 Å². The molecule has 2 rings (SSSR count). The van der Waals surface area contributed by atoms with E-state index in [-0.39, 0.29) is 6.42 Å². The van der Waals surface area contributed by atoms with E-state index < -0.39 is 17.9 Å². The molecule has 8 nitrogen and oxygen atoms in total. The molecule has 3 N–H and O–H groups in total. The maximum absolute atomic E-state index is 11.8. The number of aryl methyl sites for hydroxylation is 1. The molecule has 0 saturated carbocycles. The minimum atomic E-state index is -1.10. The Labute approximate surface area is 120 Å². The van der Waals surface area contributed by atoms with Gasteiger partial charge in [0.1, 0.15) is 6.04 Å². The fourth-order valence-corrected chi connectivity index (χ4v) is 1.74. The Bertz CT molecular complexity index is 645. The third kappa shape index (κ3) is 4.03. The molecule has 110 valence electrons. The first-order valence-electron chi connectivity index (χ1n) is 6.23. The van der Waals surface area contributed by atoms with Crippen LogP contribution in [0.4, 0.5) is 0 Å². The van der Waals surface area contributed by atoms with Crippen molar-refractivity contribution >= 4 is 18.0 Å². The Balaban J connectivity index is 1.97. The lowest BCUT2D eigenvalue weighted by Gasteiger charge is -2.11. The van der Waals surface area contributed by atoms with Crippen molar-refractivity contribution in [3.63, 3.8) is 0 Å². The minimum Gasteiger partial charge on any atom is -0.480 e. The van der Waals surface area contributed by atoms with Crippen LogP contribution >= 0.6 is 0 Å². The molecule has 2 heterocycles. The van der Waals surface area contributed by atoms with Crippen LogP contribution < -0.4 is 5.32 Å². The van der Waals surface area contributed by atoms with Crippen molar-refractivity contribution in [1.29, 1.82) is 0 Å². The zero-order valence-electron chi connectivity index (χ0n) is 11.4. The monoisotopic (exact) mass is 289 g/mol. The van der Waals surface area contributed by atoms with Crippen molar-refractivity contribution in [2.24, 2.45) is 7.05 Å². The summed E-state index contributed by atoms with van der Waals surface area (Å²) in [6.45, 7) is 0. The predicted octanol–water partition coefficient (Wildman–Crippen LogP) is -0.0315. The molecule has 0 radical (unpaired) electrons. The zero-order valence-corrected chi connectivity index (χ0v) is 11.4. The second-order valence-corrected chi connectivity index (χ2v) is 4.39. The van der Waals surface area contributed by atoms with E-state index in [9.17, 15) is 9.59 Å². The number of carbonyl (C=O) groups excluding carboxylic acids is 1. The number of nitrogens with zero attached hydrogens (tertiary/aromatic N) is 3. The van der Waals surface area contributed by atoms with Crippen molar-refractivity contribution in [2.75, 3.05) is 0 Å². The van der Waals surface area contributed by atoms with E-state index in [2.05, 4.69) is 20.4 Å². The van der Waals surface area contributed by atoms with Crippen LogP contribution in [0.2, 0.25) is 0 Å². The van der Waals surface area contributed by atoms with Gasteiger partial charge in [0.2, 0.25) is 5.91 Å². The largest absolute Gasteiger partial charge is 0.480 e. The number of imidazole rings is 1. The van der Waals surface area contributed by atoms with Crippen LogP contribution in [-0.4, -0.2) is 42.8 Å². The van der Waals surface area contributed by atoms with Crippen LogP contribution in [0.3, 0.4) is 0 Å². The van der Waals surface area contributed by atoms with E-state index in [1.54, 1.807) is 30.1 Å². The van der Waals surface area contributed by atoms with Gasteiger partial charge in [-0.25, -0.2) is 9.78 Å². The van der Waals surface area contributed by atoms with Gasteiger partial charge < -0.3 is 15.4 Å². The normalized spacial score (nSPS) is 12.4. The fraction of sp³-hybridized carbons (Fsp3) is 0.231. The fourth-order valence-electron chi connectivity index (χ4n) is 1.74. The first-order chi connectivity index (χ1) is 10.1. The zero-order chi connectivity index (χ0) is 15.2. The second kappa shape index (κ2) is 6.51. The summed E-state index contributed by atoms with van der Waals surface area (Å²) in [5, 5.41) is 15.5. The van der Waals surface area contributed by atoms with Gasteiger partial charge in [-0.2, -0.15) is 5.10 Å². The Hall–Kier alpha value is -2.90. The first-order valence-corrected chi connectivity index (χ1v) is 6.23. The quantitative estimate of drug-likeness (QED) is 0.646. The number of carboxylic acids is 1. The van der Waals surface area contributed by atoms with Gasteiger partial charge in [-0.3, -0.25) is 9.48 Å². The summed E-state index contributed by atoms with van der Waals surface area (Å²) in [6.07, 6.45) is 7.57. The molecule has 0 unspecified atom stereocenters. The van der Waals surface area contributed by atoms with Crippen molar-refractivity contribution in [1.82, 2.24) is 25.1 Å². The van der Waals surface area contributed by atoms with Gasteiger partial charge in [-0.05, 0) is 12.1 Å². The van der Waals surface area contributed by atoms with Crippen molar-refractivity contribution in [3.8, 4) is 0 Å². The number of amides is 1. The number of hydrogen-bond acceptors (Lipinski definition) is 4. The van der Waals surface area contributed by atoms with Crippen molar-refractivity contribution in [2.45, 2.75) is 12.5 Å². The molecule has 0 aromatic carbocycles. The van der Waals surface area contributed by atoms with Gasteiger partial charge in [-0.1, -0.05) is 0 Å². The molecule has 1 atom stereocenters. The van der Waals surface area contributed by atoms with E-state index in [4.69, 9.17) is 5.11 Å². The third-order valence-corrected chi connectivity index (χ3v) is 2.86. The summed E-state index contributed by atoms with van der Waals surface area (Å²) in [7, 11) is 1.75. The number of aromatic nitrogens is 4. The van der Waals surface area contributed by atoms with Crippen molar-refractivity contribution < 1.29 is 14.7 Å². The Kier molecular flexibility index (Phi) is 4.50. The maximum Gasteiger partial charge on any atom is 0.326 e. The number of rotatable bonds is 6. The number of aliphatic carboxylic acids is 1. The Morgan fingerprint density at radius 1 is 1.57 bits per heavy atom. The van der Waals surface area contributed by atoms with E-state index in [1.165, 1.54) is 18.6 Å². The molecule has 2 aromatic rings. The number of carbonyl (C=O) groups is 2. The van der Waals surface area contributed by atoms with E-state index in [0.29, 0.717) is 5.69 Å². The molecule has 0 spiro atoms. The second-order valence-electron chi connectivity index (χ2n) is 4.39. The first kappa shape index (κ1) is 14.5. The molecule has 8 heteroatoms. The van der Waals surface area contributed by atoms with Crippen LogP contribution in [0.5, 0.6) is 0 Å². The lowest BCUT2D eigenvalue weighted by atomic mass is 10.1. The molecule has 0 aliphatic carbocycles. The molecule has 0 aliphatic heterocycles. The van der Waals surface area contributed by atoms with Crippen LogP contribution in [0.25, 0.3) is 6.08 Å². The number of H-pyrrole nitrogens is 1. The molecule has 0 bridgehead atoms. The highest BCUT2D eigenvalue weighted by Gasteiger charge is 2.19. The summed E-state index contributed by atoms with van der Waals surface area (Å²) in [6, 6.07) is 0.720. The molecule has 0 aliphatic rings. The maximum atomic E-state index is 11.8.